The number of rotatable bonds is 3. The predicted octanol–water partition coefficient (Wildman–Crippen LogP) is 1.36. The molecule has 0 aliphatic rings. The van der Waals surface area contributed by atoms with Gasteiger partial charge in [-0.05, 0) is 25.1 Å². The molecule has 0 aromatic heterocycles. The van der Waals surface area contributed by atoms with Gasteiger partial charge in [-0.1, -0.05) is 6.07 Å². The summed E-state index contributed by atoms with van der Waals surface area (Å²) in [7, 11) is 1.37. The van der Waals surface area contributed by atoms with Crippen LogP contribution in [0.5, 0.6) is 0 Å². The summed E-state index contributed by atoms with van der Waals surface area (Å²) in [5, 5.41) is 2.56. The average Bonchev–Trinajstić information content (AvgIpc) is 2.17. The van der Waals surface area contributed by atoms with Crippen LogP contribution >= 0.6 is 10.7 Å². The second-order valence-electron chi connectivity index (χ2n) is 2.83. The maximum atomic E-state index is 11.4. The van der Waals surface area contributed by atoms with Crippen LogP contribution in [-0.2, 0) is 9.05 Å². The quantitative estimate of drug-likeness (QED) is 0.821. The van der Waals surface area contributed by atoms with Gasteiger partial charge in [-0.25, -0.2) is 8.42 Å². The number of carbonyl (C=O) groups is 1. The maximum absolute atomic E-state index is 11.4. The molecule has 15 heavy (non-hydrogen) atoms. The fourth-order valence-corrected chi connectivity index (χ4v) is 1.85. The largest absolute Gasteiger partial charge is 0.352 e. The second-order valence-corrected chi connectivity index (χ2v) is 5.39. The van der Waals surface area contributed by atoms with Crippen molar-refractivity contribution in [2.24, 2.45) is 0 Å². The summed E-state index contributed by atoms with van der Waals surface area (Å²) in [6, 6.07) is 5.58. The summed E-state index contributed by atoms with van der Waals surface area (Å²) < 4.78 is 22.0. The van der Waals surface area contributed by atoms with Crippen LogP contribution in [0.4, 0.5) is 0 Å². The molecule has 0 atom stereocenters. The standard InChI is InChI=1S/C9H10ClNO3S/c1-2-11-9(12)7-4-3-5-8(6-7)15(10,13)14/h3-6H,2H2,1H3,(H,11,12). The molecule has 1 N–H and O–H groups in total. The Morgan fingerprint density at radius 1 is 1.47 bits per heavy atom. The number of amides is 1. The highest BCUT2D eigenvalue weighted by Gasteiger charge is 2.12. The summed E-state index contributed by atoms with van der Waals surface area (Å²) in [5.74, 6) is -0.320. The third-order valence-corrected chi connectivity index (χ3v) is 3.07. The molecule has 1 rings (SSSR count). The first kappa shape index (κ1) is 12.0. The normalized spacial score (nSPS) is 11.1. The Hall–Kier alpha value is -1.07. The molecule has 0 spiro atoms. The minimum atomic E-state index is -3.78. The van der Waals surface area contributed by atoms with E-state index in [1.807, 2.05) is 0 Å². The van der Waals surface area contributed by atoms with Gasteiger partial charge in [0.05, 0.1) is 4.90 Å². The van der Waals surface area contributed by atoms with Crippen LogP contribution in [0.3, 0.4) is 0 Å². The van der Waals surface area contributed by atoms with Crippen molar-refractivity contribution in [1.29, 1.82) is 0 Å². The van der Waals surface area contributed by atoms with Crippen molar-refractivity contribution in [2.75, 3.05) is 6.54 Å². The molecule has 1 aromatic rings. The smallest absolute Gasteiger partial charge is 0.261 e. The van der Waals surface area contributed by atoms with Crippen LogP contribution in [0.25, 0.3) is 0 Å². The van der Waals surface area contributed by atoms with E-state index < -0.39 is 9.05 Å². The minimum Gasteiger partial charge on any atom is -0.352 e. The number of nitrogens with one attached hydrogen (secondary N) is 1. The van der Waals surface area contributed by atoms with E-state index in [0.717, 1.165) is 0 Å². The Kier molecular flexibility index (Phi) is 3.71. The van der Waals surface area contributed by atoms with Gasteiger partial charge < -0.3 is 5.32 Å². The van der Waals surface area contributed by atoms with Gasteiger partial charge in [0.15, 0.2) is 0 Å². The predicted molar refractivity (Wildman–Crippen MR) is 57.5 cm³/mol. The third-order valence-electron chi connectivity index (χ3n) is 1.72. The van der Waals surface area contributed by atoms with Gasteiger partial charge in [0, 0.05) is 22.8 Å². The van der Waals surface area contributed by atoms with Gasteiger partial charge in [-0.15, -0.1) is 0 Å². The van der Waals surface area contributed by atoms with E-state index in [1.165, 1.54) is 24.3 Å². The monoisotopic (exact) mass is 247 g/mol. The maximum Gasteiger partial charge on any atom is 0.261 e. The lowest BCUT2D eigenvalue weighted by molar-refractivity contribution is 0.0955. The first-order valence-electron chi connectivity index (χ1n) is 4.28. The van der Waals surface area contributed by atoms with Gasteiger partial charge in [-0.2, -0.15) is 0 Å². The van der Waals surface area contributed by atoms with E-state index in [-0.39, 0.29) is 16.4 Å². The highest BCUT2D eigenvalue weighted by molar-refractivity contribution is 8.13. The van der Waals surface area contributed by atoms with Gasteiger partial charge >= 0.3 is 0 Å². The van der Waals surface area contributed by atoms with Crippen LogP contribution < -0.4 is 5.32 Å². The highest BCUT2D eigenvalue weighted by atomic mass is 35.7. The van der Waals surface area contributed by atoms with Crippen molar-refractivity contribution < 1.29 is 13.2 Å². The van der Waals surface area contributed by atoms with Gasteiger partial charge in [-0.3, -0.25) is 4.79 Å². The zero-order valence-corrected chi connectivity index (χ0v) is 9.60. The van der Waals surface area contributed by atoms with Crippen molar-refractivity contribution >= 4 is 25.6 Å². The first-order chi connectivity index (χ1) is 6.95. The molecular formula is C9H10ClNO3S. The van der Waals surface area contributed by atoms with Gasteiger partial charge in [0.1, 0.15) is 0 Å². The van der Waals surface area contributed by atoms with Crippen LogP contribution in [0.2, 0.25) is 0 Å². The molecule has 0 saturated heterocycles. The Morgan fingerprint density at radius 3 is 2.67 bits per heavy atom. The van der Waals surface area contributed by atoms with Crippen molar-refractivity contribution in [2.45, 2.75) is 11.8 Å². The zero-order valence-electron chi connectivity index (χ0n) is 8.03. The number of hydrogen-bond acceptors (Lipinski definition) is 3. The van der Waals surface area contributed by atoms with Crippen molar-refractivity contribution in [3.63, 3.8) is 0 Å². The number of halogens is 1. The summed E-state index contributed by atoms with van der Waals surface area (Å²) >= 11 is 0. The molecule has 0 aliphatic heterocycles. The zero-order chi connectivity index (χ0) is 11.5. The molecule has 0 radical (unpaired) electrons. The summed E-state index contributed by atoms with van der Waals surface area (Å²) in [5.41, 5.74) is 0.276. The molecule has 6 heteroatoms. The van der Waals surface area contributed by atoms with E-state index in [0.29, 0.717) is 6.54 Å². The SMILES string of the molecule is CCNC(=O)c1cccc(S(=O)(=O)Cl)c1. The average molecular weight is 248 g/mol. The molecule has 1 amide bonds. The highest BCUT2D eigenvalue weighted by Crippen LogP contribution is 2.15. The second kappa shape index (κ2) is 4.63. The van der Waals surface area contributed by atoms with Gasteiger partial charge in [0.25, 0.3) is 15.0 Å². The number of benzene rings is 1. The first-order valence-corrected chi connectivity index (χ1v) is 6.59. The lowest BCUT2D eigenvalue weighted by Gasteiger charge is -2.02. The van der Waals surface area contributed by atoms with Crippen LogP contribution in [0.1, 0.15) is 17.3 Å². The molecule has 0 bridgehead atoms. The topological polar surface area (TPSA) is 63.2 Å². The lowest BCUT2D eigenvalue weighted by Crippen LogP contribution is -2.22. The summed E-state index contributed by atoms with van der Waals surface area (Å²) in [6.07, 6.45) is 0. The molecule has 0 fully saturated rings. The molecule has 0 saturated carbocycles. The Morgan fingerprint density at radius 2 is 2.13 bits per heavy atom. The Balaban J connectivity index is 3.09. The molecule has 1 aromatic carbocycles. The third kappa shape index (κ3) is 3.21. The number of hydrogen-bond donors (Lipinski definition) is 1. The van der Waals surface area contributed by atoms with E-state index in [2.05, 4.69) is 5.32 Å². The molecule has 0 aliphatic carbocycles. The van der Waals surface area contributed by atoms with E-state index in [9.17, 15) is 13.2 Å². The molecule has 4 nitrogen and oxygen atoms in total. The van der Waals surface area contributed by atoms with Crippen molar-refractivity contribution in [1.82, 2.24) is 5.32 Å². The van der Waals surface area contributed by atoms with Gasteiger partial charge in [0.2, 0.25) is 0 Å². The lowest BCUT2D eigenvalue weighted by atomic mass is 10.2. The van der Waals surface area contributed by atoms with Crippen LogP contribution in [0, 0.1) is 0 Å². The minimum absolute atomic E-state index is 0.0760. The van der Waals surface area contributed by atoms with E-state index in [1.54, 1.807) is 6.92 Å². The number of carbonyl (C=O) groups excluding carboxylic acids is 1. The van der Waals surface area contributed by atoms with E-state index >= 15 is 0 Å². The molecule has 0 unspecified atom stereocenters. The molecular weight excluding hydrogens is 238 g/mol. The Labute approximate surface area is 92.7 Å². The van der Waals surface area contributed by atoms with Crippen LogP contribution in [0.15, 0.2) is 29.2 Å². The summed E-state index contributed by atoms with van der Waals surface area (Å²) in [6.45, 7) is 2.26. The molecule has 82 valence electrons. The Bertz CT molecular complexity index is 470. The van der Waals surface area contributed by atoms with Crippen LogP contribution in [-0.4, -0.2) is 20.9 Å². The van der Waals surface area contributed by atoms with Crippen molar-refractivity contribution in [3.8, 4) is 0 Å². The van der Waals surface area contributed by atoms with Crippen molar-refractivity contribution in [3.05, 3.63) is 29.8 Å². The molecule has 0 heterocycles. The van der Waals surface area contributed by atoms with E-state index in [4.69, 9.17) is 10.7 Å². The fraction of sp³-hybridized carbons (Fsp3) is 0.222. The fourth-order valence-electron chi connectivity index (χ4n) is 1.05. The summed E-state index contributed by atoms with van der Waals surface area (Å²) in [4.78, 5) is 11.3.